The molecule has 1 fully saturated rings. The average molecular weight is 164 g/mol. The van der Waals surface area contributed by atoms with Crippen LogP contribution in [0.1, 0.15) is 17.0 Å². The number of anilines is 1. The summed E-state index contributed by atoms with van der Waals surface area (Å²) in [5, 5.41) is 0. The Hall–Kier alpha value is -1.09. The molecule has 12 heavy (non-hydrogen) atoms. The van der Waals surface area contributed by atoms with Gasteiger partial charge in [0, 0.05) is 12.1 Å². The van der Waals surface area contributed by atoms with Crippen LogP contribution in [0.2, 0.25) is 0 Å². The van der Waals surface area contributed by atoms with Crippen LogP contribution < -0.4 is 5.73 Å². The summed E-state index contributed by atoms with van der Waals surface area (Å²) in [4.78, 5) is 4.10. The highest BCUT2D eigenvalue weighted by Crippen LogP contribution is 2.24. The lowest BCUT2D eigenvalue weighted by molar-refractivity contribution is 0.00828. The van der Waals surface area contributed by atoms with Crippen molar-refractivity contribution in [1.82, 2.24) is 4.98 Å². The Kier molecular flexibility index (Phi) is 1.73. The molecule has 2 heterocycles. The smallest absolute Gasteiger partial charge is 0.126 e. The highest BCUT2D eigenvalue weighted by Gasteiger charge is 2.20. The van der Waals surface area contributed by atoms with Crippen molar-refractivity contribution in [1.29, 1.82) is 0 Å². The van der Waals surface area contributed by atoms with E-state index < -0.39 is 0 Å². The molecule has 2 rings (SSSR count). The van der Waals surface area contributed by atoms with Crippen molar-refractivity contribution >= 4 is 5.82 Å². The fourth-order valence-corrected chi connectivity index (χ4v) is 1.26. The lowest BCUT2D eigenvalue weighted by Gasteiger charge is -2.26. The lowest BCUT2D eigenvalue weighted by Crippen LogP contribution is -2.25. The fourth-order valence-electron chi connectivity index (χ4n) is 1.26. The molecule has 0 aliphatic carbocycles. The van der Waals surface area contributed by atoms with E-state index in [9.17, 15) is 0 Å². The van der Waals surface area contributed by atoms with Crippen molar-refractivity contribution in [3.8, 4) is 0 Å². The van der Waals surface area contributed by atoms with E-state index in [2.05, 4.69) is 11.1 Å². The summed E-state index contributed by atoms with van der Waals surface area (Å²) >= 11 is 0. The minimum Gasteiger partial charge on any atom is -0.383 e. The SMILES string of the molecule is Cc1cc(C2COC2)cnc1N. The summed E-state index contributed by atoms with van der Waals surface area (Å²) in [7, 11) is 0. The van der Waals surface area contributed by atoms with Crippen LogP contribution in [0.3, 0.4) is 0 Å². The molecule has 0 radical (unpaired) electrons. The summed E-state index contributed by atoms with van der Waals surface area (Å²) in [6, 6.07) is 2.09. The molecule has 1 aromatic heterocycles. The zero-order valence-electron chi connectivity index (χ0n) is 7.08. The van der Waals surface area contributed by atoms with Crippen LogP contribution in [0, 0.1) is 6.92 Å². The Labute approximate surface area is 71.6 Å². The summed E-state index contributed by atoms with van der Waals surface area (Å²) in [6.45, 7) is 3.63. The molecule has 64 valence electrons. The second-order valence-electron chi connectivity index (χ2n) is 3.21. The predicted molar refractivity (Wildman–Crippen MR) is 46.9 cm³/mol. The van der Waals surface area contributed by atoms with Gasteiger partial charge in [0.25, 0.3) is 0 Å². The van der Waals surface area contributed by atoms with Gasteiger partial charge in [-0.1, -0.05) is 6.07 Å². The molecule has 0 amide bonds. The zero-order valence-corrected chi connectivity index (χ0v) is 7.08. The molecular formula is C9H12N2O. The maximum atomic E-state index is 5.61. The van der Waals surface area contributed by atoms with Crippen molar-refractivity contribution in [2.75, 3.05) is 18.9 Å². The van der Waals surface area contributed by atoms with Gasteiger partial charge in [-0.25, -0.2) is 4.98 Å². The van der Waals surface area contributed by atoms with Gasteiger partial charge in [-0.2, -0.15) is 0 Å². The largest absolute Gasteiger partial charge is 0.383 e. The minimum absolute atomic E-state index is 0.539. The number of hydrogen-bond acceptors (Lipinski definition) is 3. The van der Waals surface area contributed by atoms with Gasteiger partial charge in [0.15, 0.2) is 0 Å². The second kappa shape index (κ2) is 2.75. The highest BCUT2D eigenvalue weighted by molar-refractivity contribution is 5.40. The highest BCUT2D eigenvalue weighted by atomic mass is 16.5. The van der Waals surface area contributed by atoms with E-state index in [1.54, 1.807) is 0 Å². The summed E-state index contributed by atoms with van der Waals surface area (Å²) in [5.74, 6) is 1.16. The molecule has 3 heteroatoms. The molecular weight excluding hydrogens is 152 g/mol. The van der Waals surface area contributed by atoms with Crippen LogP contribution in [-0.4, -0.2) is 18.2 Å². The van der Waals surface area contributed by atoms with Crippen molar-refractivity contribution in [3.05, 3.63) is 23.4 Å². The van der Waals surface area contributed by atoms with Gasteiger partial charge in [-0.15, -0.1) is 0 Å². The first-order valence-electron chi connectivity index (χ1n) is 4.07. The monoisotopic (exact) mass is 164 g/mol. The Morgan fingerprint density at radius 2 is 2.33 bits per heavy atom. The minimum atomic E-state index is 0.539. The number of nitrogens with zero attached hydrogens (tertiary/aromatic N) is 1. The van der Waals surface area contributed by atoms with Crippen LogP contribution in [0.5, 0.6) is 0 Å². The van der Waals surface area contributed by atoms with Crippen molar-refractivity contribution in [3.63, 3.8) is 0 Å². The van der Waals surface area contributed by atoms with Gasteiger partial charge in [0.1, 0.15) is 5.82 Å². The summed E-state index contributed by atoms with van der Waals surface area (Å²) < 4.78 is 5.10. The second-order valence-corrected chi connectivity index (χ2v) is 3.21. The Morgan fingerprint density at radius 1 is 1.58 bits per heavy atom. The molecule has 1 saturated heterocycles. The fraction of sp³-hybridized carbons (Fsp3) is 0.444. The van der Waals surface area contributed by atoms with E-state index in [1.807, 2.05) is 13.1 Å². The van der Waals surface area contributed by atoms with E-state index in [0.29, 0.717) is 11.7 Å². The van der Waals surface area contributed by atoms with Crippen LogP contribution in [0.15, 0.2) is 12.3 Å². The topological polar surface area (TPSA) is 48.1 Å². The lowest BCUT2D eigenvalue weighted by atomic mass is 9.98. The Bertz CT molecular complexity index is 295. The summed E-state index contributed by atoms with van der Waals surface area (Å²) in [5.41, 5.74) is 7.90. The van der Waals surface area contributed by atoms with Crippen molar-refractivity contribution in [2.24, 2.45) is 0 Å². The third-order valence-electron chi connectivity index (χ3n) is 2.25. The van der Waals surface area contributed by atoms with E-state index in [-0.39, 0.29) is 0 Å². The molecule has 0 saturated carbocycles. The van der Waals surface area contributed by atoms with E-state index >= 15 is 0 Å². The van der Waals surface area contributed by atoms with Gasteiger partial charge < -0.3 is 10.5 Å². The van der Waals surface area contributed by atoms with E-state index in [1.165, 1.54) is 5.56 Å². The first kappa shape index (κ1) is 7.55. The number of aromatic nitrogens is 1. The maximum Gasteiger partial charge on any atom is 0.126 e. The number of rotatable bonds is 1. The van der Waals surface area contributed by atoms with Crippen molar-refractivity contribution in [2.45, 2.75) is 12.8 Å². The zero-order chi connectivity index (χ0) is 8.55. The standard InChI is InChI=1S/C9H12N2O/c1-6-2-7(3-11-9(6)10)8-4-12-5-8/h2-3,8H,4-5H2,1H3,(H2,10,11). The van der Waals surface area contributed by atoms with Gasteiger partial charge in [-0.3, -0.25) is 0 Å². The third-order valence-corrected chi connectivity index (χ3v) is 2.25. The first-order chi connectivity index (χ1) is 5.77. The third kappa shape index (κ3) is 1.16. The number of ether oxygens (including phenoxy) is 1. The van der Waals surface area contributed by atoms with Gasteiger partial charge >= 0.3 is 0 Å². The molecule has 2 N–H and O–H groups in total. The molecule has 3 nitrogen and oxygen atoms in total. The summed E-state index contributed by atoms with van der Waals surface area (Å²) in [6.07, 6.45) is 1.84. The number of nitrogen functional groups attached to an aromatic ring is 1. The Morgan fingerprint density at radius 3 is 2.83 bits per heavy atom. The van der Waals surface area contributed by atoms with Crippen LogP contribution in [-0.2, 0) is 4.74 Å². The van der Waals surface area contributed by atoms with Gasteiger partial charge in [-0.05, 0) is 18.1 Å². The quantitative estimate of drug-likeness (QED) is 0.675. The maximum absolute atomic E-state index is 5.61. The van der Waals surface area contributed by atoms with Gasteiger partial charge in [0.2, 0.25) is 0 Å². The van der Waals surface area contributed by atoms with Crippen LogP contribution in [0.25, 0.3) is 0 Å². The number of pyridine rings is 1. The van der Waals surface area contributed by atoms with Gasteiger partial charge in [0.05, 0.1) is 13.2 Å². The molecule has 0 unspecified atom stereocenters. The van der Waals surface area contributed by atoms with Crippen molar-refractivity contribution < 1.29 is 4.74 Å². The van der Waals surface area contributed by atoms with Crippen LogP contribution >= 0.6 is 0 Å². The Balaban J connectivity index is 2.27. The molecule has 0 aromatic carbocycles. The molecule has 1 aromatic rings. The average Bonchev–Trinajstić information content (AvgIpc) is 1.93. The first-order valence-corrected chi connectivity index (χ1v) is 4.07. The normalized spacial score (nSPS) is 17.4. The molecule has 0 spiro atoms. The number of aryl methyl sites for hydroxylation is 1. The molecule has 1 aliphatic heterocycles. The molecule has 1 aliphatic rings. The predicted octanol–water partition coefficient (Wildman–Crippen LogP) is 1.09. The number of hydrogen-bond donors (Lipinski definition) is 1. The molecule has 0 atom stereocenters. The van der Waals surface area contributed by atoms with Crippen LogP contribution in [0.4, 0.5) is 5.82 Å². The number of nitrogens with two attached hydrogens (primary N) is 1. The molecule has 0 bridgehead atoms. The van der Waals surface area contributed by atoms with E-state index in [4.69, 9.17) is 10.5 Å². The van der Waals surface area contributed by atoms with E-state index in [0.717, 1.165) is 18.8 Å².